The molecule has 3 N–H and O–H groups in total. The molecule has 0 bridgehead atoms. The Morgan fingerprint density at radius 3 is 2.54 bits per heavy atom. The Labute approximate surface area is 168 Å². The molecule has 1 aromatic carbocycles. The number of nitrogens with one attached hydrogen (secondary N) is 1. The zero-order valence-electron chi connectivity index (χ0n) is 14.3. The molecule has 1 aliphatic heterocycles. The van der Waals surface area contributed by atoms with E-state index in [-0.39, 0.29) is 41.7 Å². The average molecular weight is 484 g/mol. The van der Waals surface area contributed by atoms with Gasteiger partial charge in [-0.05, 0) is 50.9 Å². The Morgan fingerprint density at radius 1 is 1.19 bits per heavy atom. The van der Waals surface area contributed by atoms with Gasteiger partial charge in [0.1, 0.15) is 5.75 Å². The molecule has 0 aromatic heterocycles. The number of hydrogen-bond donors (Lipinski definition) is 2. The highest BCUT2D eigenvalue weighted by Crippen LogP contribution is 2.30. The van der Waals surface area contributed by atoms with E-state index >= 15 is 0 Å². The second-order valence-corrected chi connectivity index (χ2v) is 6.59. The van der Waals surface area contributed by atoms with Crippen LogP contribution in [0.4, 0.5) is 18.9 Å². The molecule has 146 valence electrons. The Kier molecular flexibility index (Phi) is 7.39. The van der Waals surface area contributed by atoms with E-state index in [1.165, 1.54) is 50.6 Å². The zero-order chi connectivity index (χ0) is 17.9. The summed E-state index contributed by atoms with van der Waals surface area (Å²) in [5.41, 5.74) is 6.29. The first-order valence-corrected chi connectivity index (χ1v) is 8.59. The van der Waals surface area contributed by atoms with Crippen molar-refractivity contribution in [2.75, 3.05) is 18.4 Å². The maximum Gasteiger partial charge on any atom is 0.573 e. The van der Waals surface area contributed by atoms with Crippen molar-refractivity contribution in [3.05, 3.63) is 24.3 Å². The highest BCUT2D eigenvalue weighted by molar-refractivity contribution is 14.0. The molecule has 1 aliphatic carbocycles. The van der Waals surface area contributed by atoms with E-state index < -0.39 is 6.36 Å². The van der Waals surface area contributed by atoms with Gasteiger partial charge in [0.2, 0.25) is 0 Å². The molecule has 1 saturated heterocycles. The van der Waals surface area contributed by atoms with Gasteiger partial charge in [-0.1, -0.05) is 12.5 Å². The molecule has 2 aliphatic rings. The van der Waals surface area contributed by atoms with Crippen molar-refractivity contribution >= 4 is 35.6 Å². The number of nitrogens with zero attached hydrogens (tertiary/aromatic N) is 2. The van der Waals surface area contributed by atoms with E-state index in [0.717, 1.165) is 12.8 Å². The van der Waals surface area contributed by atoms with E-state index in [0.29, 0.717) is 11.7 Å². The van der Waals surface area contributed by atoms with Crippen LogP contribution in [0.25, 0.3) is 0 Å². The molecule has 1 heterocycles. The number of nitrogens with two attached hydrogens (primary N) is 1. The molecule has 1 aromatic rings. The Morgan fingerprint density at radius 2 is 1.88 bits per heavy atom. The molecule has 2 fully saturated rings. The average Bonchev–Trinajstić information content (AvgIpc) is 2.50. The molecule has 9 heteroatoms. The quantitative estimate of drug-likeness (QED) is 0.386. The summed E-state index contributed by atoms with van der Waals surface area (Å²) in [6.45, 7) is 2.33. The lowest BCUT2D eigenvalue weighted by molar-refractivity contribution is -0.274. The van der Waals surface area contributed by atoms with Crippen molar-refractivity contribution in [2.45, 2.75) is 50.6 Å². The van der Waals surface area contributed by atoms with Gasteiger partial charge < -0.3 is 20.7 Å². The third-order valence-corrected chi connectivity index (χ3v) is 4.66. The van der Waals surface area contributed by atoms with Crippen molar-refractivity contribution in [2.24, 2.45) is 10.7 Å². The van der Waals surface area contributed by atoms with E-state index in [4.69, 9.17) is 5.73 Å². The van der Waals surface area contributed by atoms with Crippen molar-refractivity contribution in [3.63, 3.8) is 0 Å². The third-order valence-electron chi connectivity index (χ3n) is 4.66. The predicted molar refractivity (Wildman–Crippen MR) is 106 cm³/mol. The second kappa shape index (κ2) is 9.12. The summed E-state index contributed by atoms with van der Waals surface area (Å²) >= 11 is 0. The number of alkyl halides is 3. The summed E-state index contributed by atoms with van der Waals surface area (Å²) in [5, 5.41) is 2.83. The topological polar surface area (TPSA) is 62.9 Å². The summed E-state index contributed by atoms with van der Waals surface area (Å²) in [6, 6.07) is 6.32. The standard InChI is InChI=1S/C17H23F3N4O.HI/c18-17(19,20)25-15-6-4-5-12(11-15)22-16(21)23-13-9-14(10-13)24-7-2-1-3-8-24;/h4-6,11,13-14H,1-3,7-10H2,(H3,21,22,23);1H. The minimum absolute atomic E-state index is 0. The van der Waals surface area contributed by atoms with Crippen molar-refractivity contribution in [3.8, 4) is 5.75 Å². The molecule has 5 nitrogen and oxygen atoms in total. The Hall–Kier alpha value is -1.23. The number of halogens is 4. The fraction of sp³-hybridized carbons (Fsp3) is 0.588. The molecule has 0 radical (unpaired) electrons. The third kappa shape index (κ3) is 6.19. The van der Waals surface area contributed by atoms with Crippen LogP contribution in [-0.4, -0.2) is 42.4 Å². The molecular formula is C17H24F3IN4O. The Bertz CT molecular complexity index is 614. The van der Waals surface area contributed by atoms with Crippen molar-refractivity contribution in [1.82, 2.24) is 4.90 Å². The van der Waals surface area contributed by atoms with Gasteiger partial charge in [0.05, 0.1) is 6.04 Å². The number of ether oxygens (including phenoxy) is 1. The second-order valence-electron chi connectivity index (χ2n) is 6.59. The number of anilines is 1. The maximum atomic E-state index is 12.3. The highest BCUT2D eigenvalue weighted by atomic mass is 127. The lowest BCUT2D eigenvalue weighted by atomic mass is 9.85. The number of piperidine rings is 1. The summed E-state index contributed by atoms with van der Waals surface area (Å²) in [5.74, 6) is -0.0784. The number of benzene rings is 1. The SMILES string of the molecule is I.NC(=NC1CC(N2CCCCC2)C1)Nc1cccc(OC(F)(F)F)c1. The first kappa shape index (κ1) is 21.1. The number of likely N-dealkylation sites (tertiary alicyclic amines) is 1. The van der Waals surface area contributed by atoms with Crippen LogP contribution < -0.4 is 15.8 Å². The van der Waals surface area contributed by atoms with Gasteiger partial charge in [-0.3, -0.25) is 0 Å². The van der Waals surface area contributed by atoms with Crippen LogP contribution in [0, 0.1) is 0 Å². The summed E-state index contributed by atoms with van der Waals surface area (Å²) in [6.07, 6.45) is 1.11. The van der Waals surface area contributed by atoms with E-state index in [2.05, 4.69) is 19.9 Å². The van der Waals surface area contributed by atoms with Crippen LogP contribution in [-0.2, 0) is 0 Å². The van der Waals surface area contributed by atoms with Crippen LogP contribution in [0.3, 0.4) is 0 Å². The first-order chi connectivity index (χ1) is 11.9. The van der Waals surface area contributed by atoms with Gasteiger partial charge in [0.25, 0.3) is 0 Å². The van der Waals surface area contributed by atoms with Gasteiger partial charge in [-0.2, -0.15) is 0 Å². The fourth-order valence-corrected chi connectivity index (χ4v) is 3.39. The zero-order valence-corrected chi connectivity index (χ0v) is 16.7. The maximum absolute atomic E-state index is 12.3. The lowest BCUT2D eigenvalue weighted by Gasteiger charge is -2.43. The summed E-state index contributed by atoms with van der Waals surface area (Å²) in [4.78, 5) is 6.95. The number of guanidine groups is 1. The predicted octanol–water partition coefficient (Wildman–Crippen LogP) is 3.95. The van der Waals surface area contributed by atoms with Gasteiger partial charge in [0, 0.05) is 17.8 Å². The summed E-state index contributed by atoms with van der Waals surface area (Å²) in [7, 11) is 0. The van der Waals surface area contributed by atoms with Crippen LogP contribution >= 0.6 is 24.0 Å². The molecule has 26 heavy (non-hydrogen) atoms. The van der Waals surface area contributed by atoms with Crippen LogP contribution in [0.15, 0.2) is 29.3 Å². The van der Waals surface area contributed by atoms with Crippen LogP contribution in [0.5, 0.6) is 5.75 Å². The van der Waals surface area contributed by atoms with Crippen LogP contribution in [0.1, 0.15) is 32.1 Å². The molecule has 0 amide bonds. The van der Waals surface area contributed by atoms with Gasteiger partial charge in [-0.15, -0.1) is 37.1 Å². The largest absolute Gasteiger partial charge is 0.573 e. The minimum Gasteiger partial charge on any atom is -0.406 e. The van der Waals surface area contributed by atoms with Gasteiger partial charge in [-0.25, -0.2) is 4.99 Å². The normalized spacial score (nSPS) is 24.3. The first-order valence-electron chi connectivity index (χ1n) is 8.59. The fourth-order valence-electron chi connectivity index (χ4n) is 3.39. The lowest BCUT2D eigenvalue weighted by Crippen LogP contribution is -2.49. The monoisotopic (exact) mass is 484 g/mol. The van der Waals surface area contributed by atoms with Gasteiger partial charge in [0.15, 0.2) is 5.96 Å². The molecular weight excluding hydrogens is 460 g/mol. The van der Waals surface area contributed by atoms with E-state index in [1.54, 1.807) is 6.07 Å². The number of hydrogen-bond acceptors (Lipinski definition) is 3. The molecule has 0 unspecified atom stereocenters. The Balaban J connectivity index is 0.00000243. The molecule has 0 spiro atoms. The minimum atomic E-state index is -4.71. The van der Waals surface area contributed by atoms with Crippen molar-refractivity contribution < 1.29 is 17.9 Å². The van der Waals surface area contributed by atoms with E-state index in [1.807, 2.05) is 0 Å². The van der Waals surface area contributed by atoms with E-state index in [9.17, 15) is 13.2 Å². The number of rotatable bonds is 4. The molecule has 0 atom stereocenters. The molecule has 3 rings (SSSR count). The smallest absolute Gasteiger partial charge is 0.406 e. The number of aliphatic imine (C=N–C) groups is 1. The van der Waals surface area contributed by atoms with Crippen molar-refractivity contribution in [1.29, 1.82) is 0 Å². The van der Waals surface area contributed by atoms with Gasteiger partial charge >= 0.3 is 6.36 Å². The van der Waals surface area contributed by atoms with Crippen LogP contribution in [0.2, 0.25) is 0 Å². The molecule has 1 saturated carbocycles. The summed E-state index contributed by atoms with van der Waals surface area (Å²) < 4.78 is 40.7. The highest BCUT2D eigenvalue weighted by Gasteiger charge is 2.34.